The molecule has 0 atom stereocenters. The second-order valence-electron chi connectivity index (χ2n) is 2.25. The maximum atomic E-state index is 9.98. The third kappa shape index (κ3) is 4.84. The molecule has 0 amide bonds. The van der Waals surface area contributed by atoms with E-state index in [-0.39, 0.29) is 18.3 Å². The van der Waals surface area contributed by atoms with Crippen molar-refractivity contribution in [2.75, 3.05) is 6.66 Å². The number of carboxylic acids is 1. The molecule has 0 aromatic rings. The summed E-state index contributed by atoms with van der Waals surface area (Å²) in [5, 5.41) is 15.2. The molecule has 11 heavy (non-hydrogen) atoms. The number of hydrogen-bond acceptors (Lipinski definition) is 4. The molecule has 0 aromatic heterocycles. The van der Waals surface area contributed by atoms with Crippen LogP contribution in [0.1, 0.15) is 12.8 Å². The van der Waals surface area contributed by atoms with E-state index in [2.05, 4.69) is 0 Å². The van der Waals surface area contributed by atoms with Gasteiger partial charge in [0.25, 0.3) is 0 Å². The summed E-state index contributed by atoms with van der Waals surface area (Å²) in [6.45, 7) is 1.14. The lowest BCUT2D eigenvalue weighted by Gasteiger charge is -2.05. The van der Waals surface area contributed by atoms with Crippen LogP contribution in [0.25, 0.3) is 0 Å². The Hall–Kier alpha value is -0.510. The van der Waals surface area contributed by atoms with E-state index in [1.165, 1.54) is 0 Å². The van der Waals surface area contributed by atoms with Gasteiger partial charge in [-0.2, -0.15) is 0 Å². The summed E-state index contributed by atoms with van der Waals surface area (Å²) >= 11 is 0. The van der Waals surface area contributed by atoms with Gasteiger partial charge in [-0.15, -0.1) is 0 Å². The Morgan fingerprint density at radius 3 is 2.18 bits per heavy atom. The predicted molar refractivity (Wildman–Crippen MR) is 41.9 cm³/mol. The van der Waals surface area contributed by atoms with Crippen LogP contribution in [-0.4, -0.2) is 33.0 Å². The van der Waals surface area contributed by atoms with Crippen LogP contribution in [0.4, 0.5) is 0 Å². The fourth-order valence-electron chi connectivity index (χ4n) is 0.437. The van der Waals surface area contributed by atoms with Gasteiger partial charge in [-0.3, -0.25) is 10.2 Å². The van der Waals surface area contributed by atoms with Crippen LogP contribution >= 0.6 is 7.72 Å². The molecule has 0 bridgehead atoms. The highest BCUT2D eigenvalue weighted by atomic mass is 31.2. The highest BCUT2D eigenvalue weighted by Crippen LogP contribution is 2.47. The molecule has 0 rings (SSSR count). The van der Waals surface area contributed by atoms with Gasteiger partial charge in [0, 0.05) is 6.42 Å². The zero-order valence-electron chi connectivity index (χ0n) is 6.11. The Bertz CT molecular complexity index is 174. The summed E-state index contributed by atoms with van der Waals surface area (Å²) in [5.74, 6) is -1.04. The van der Waals surface area contributed by atoms with Crippen molar-refractivity contribution >= 4 is 19.1 Å². The zero-order valence-corrected chi connectivity index (χ0v) is 7.01. The quantitative estimate of drug-likeness (QED) is 0.369. The molecule has 0 aliphatic carbocycles. The average molecular weight is 180 g/mol. The molecule has 0 fully saturated rings. The second kappa shape index (κ2) is 3.76. The summed E-state index contributed by atoms with van der Waals surface area (Å²) in [4.78, 5) is 27.7. The van der Waals surface area contributed by atoms with E-state index in [1.807, 2.05) is 0 Å². The molecule has 0 aliphatic rings. The molecule has 0 aromatic carbocycles. The lowest BCUT2D eigenvalue weighted by atomic mass is 10.3. The molecule has 0 radical (unpaired) electrons. The summed E-state index contributed by atoms with van der Waals surface area (Å²) in [6, 6.07) is 0. The highest BCUT2D eigenvalue weighted by molar-refractivity contribution is 7.80. The highest BCUT2D eigenvalue weighted by Gasteiger charge is 2.32. The molecule has 0 aliphatic heterocycles. The molecule has 5 nitrogen and oxygen atoms in total. The van der Waals surface area contributed by atoms with Crippen molar-refractivity contribution in [3.05, 3.63) is 0 Å². The Kier molecular flexibility index (Phi) is 3.58. The predicted octanol–water partition coefficient (Wildman–Crippen LogP) is 0.290. The van der Waals surface area contributed by atoms with Crippen LogP contribution in [0, 0.1) is 5.41 Å². The van der Waals surface area contributed by atoms with Crippen molar-refractivity contribution in [3.8, 4) is 0 Å². The normalized spacial score (nSPS) is 11.2. The van der Waals surface area contributed by atoms with E-state index >= 15 is 0 Å². The fourth-order valence-corrected chi connectivity index (χ4v) is 0.973. The van der Waals surface area contributed by atoms with Crippen molar-refractivity contribution in [3.63, 3.8) is 0 Å². The Morgan fingerprint density at radius 2 is 1.91 bits per heavy atom. The van der Waals surface area contributed by atoms with E-state index < -0.39 is 13.7 Å². The first-order chi connectivity index (χ1) is 4.84. The van der Waals surface area contributed by atoms with E-state index in [4.69, 9.17) is 20.3 Å². The number of aliphatic carboxylic acids is 1. The van der Waals surface area contributed by atoms with Gasteiger partial charge in [0.05, 0.1) is 6.42 Å². The molecule has 0 unspecified atom stereocenters. The number of carbonyl (C=O) groups is 1. The minimum Gasteiger partial charge on any atom is -0.481 e. The Labute approximate surface area is 64.7 Å². The van der Waals surface area contributed by atoms with Gasteiger partial charge < -0.3 is 5.11 Å². The van der Waals surface area contributed by atoms with E-state index in [0.717, 1.165) is 6.66 Å². The van der Waals surface area contributed by atoms with Crippen LogP contribution in [-0.2, 0) is 4.79 Å². The minimum absolute atomic E-state index is 0.0907. The molecular formula is C5H11NO4P+. The van der Waals surface area contributed by atoms with E-state index in [0.29, 0.717) is 0 Å². The van der Waals surface area contributed by atoms with Crippen molar-refractivity contribution < 1.29 is 19.7 Å². The summed E-state index contributed by atoms with van der Waals surface area (Å²) < 4.78 is 0. The summed E-state index contributed by atoms with van der Waals surface area (Å²) in [6.07, 6.45) is -0.317. The van der Waals surface area contributed by atoms with Crippen molar-refractivity contribution in [2.45, 2.75) is 12.8 Å². The van der Waals surface area contributed by atoms with Gasteiger partial charge in [-0.05, 0) is 0 Å². The first kappa shape index (κ1) is 10.5. The van der Waals surface area contributed by atoms with Crippen molar-refractivity contribution in [1.29, 1.82) is 5.41 Å². The largest absolute Gasteiger partial charge is 0.481 e. The fraction of sp³-hybridized carbons (Fsp3) is 0.600. The summed E-state index contributed by atoms with van der Waals surface area (Å²) in [7, 11) is -3.24. The van der Waals surface area contributed by atoms with Gasteiger partial charge >= 0.3 is 13.7 Å². The monoisotopic (exact) mass is 180 g/mol. The standard InChI is InChI=1S/C5H10NO4P/c1-11(9,10)4(6)2-3-5(7)8/h6,9-10H,2-3H2,1H3/p+1. The topological polar surface area (TPSA) is 102 Å². The molecular weight excluding hydrogens is 169 g/mol. The first-order valence-electron chi connectivity index (χ1n) is 2.96. The van der Waals surface area contributed by atoms with Gasteiger partial charge in [0.1, 0.15) is 6.66 Å². The first-order valence-corrected chi connectivity index (χ1v) is 5.10. The van der Waals surface area contributed by atoms with Crippen molar-refractivity contribution in [2.24, 2.45) is 0 Å². The maximum absolute atomic E-state index is 9.98. The third-order valence-corrected chi connectivity index (χ3v) is 2.33. The smallest absolute Gasteiger partial charge is 0.310 e. The molecule has 0 heterocycles. The van der Waals surface area contributed by atoms with Gasteiger partial charge in [0.2, 0.25) is 5.45 Å². The number of nitrogens with one attached hydrogen (secondary N) is 1. The van der Waals surface area contributed by atoms with Gasteiger partial charge in [-0.25, -0.2) is 9.79 Å². The number of carboxylic acid groups (broad SMARTS) is 1. The Balaban J connectivity index is 3.80. The molecule has 64 valence electrons. The van der Waals surface area contributed by atoms with Crippen LogP contribution < -0.4 is 0 Å². The van der Waals surface area contributed by atoms with Gasteiger partial charge in [0.15, 0.2) is 0 Å². The van der Waals surface area contributed by atoms with Crippen LogP contribution in [0.2, 0.25) is 0 Å². The third-order valence-electron chi connectivity index (χ3n) is 1.09. The molecule has 6 heteroatoms. The molecule has 0 saturated carbocycles. The average Bonchev–Trinajstić information content (AvgIpc) is 1.80. The number of rotatable bonds is 4. The van der Waals surface area contributed by atoms with E-state index in [1.54, 1.807) is 0 Å². The lowest BCUT2D eigenvalue weighted by Crippen LogP contribution is -2.06. The van der Waals surface area contributed by atoms with Crippen LogP contribution in [0.15, 0.2) is 0 Å². The van der Waals surface area contributed by atoms with Crippen LogP contribution in [0.3, 0.4) is 0 Å². The van der Waals surface area contributed by atoms with Crippen molar-refractivity contribution in [1.82, 2.24) is 0 Å². The number of hydrogen-bond donors (Lipinski definition) is 4. The van der Waals surface area contributed by atoms with E-state index in [9.17, 15) is 4.79 Å². The SMILES string of the molecule is C[P+](O)(O)C(=N)CCC(=O)O. The minimum atomic E-state index is -3.24. The zero-order chi connectivity index (χ0) is 9.07. The Morgan fingerprint density at radius 1 is 1.45 bits per heavy atom. The summed E-state index contributed by atoms with van der Waals surface area (Å²) in [5.41, 5.74) is -0.278. The lowest BCUT2D eigenvalue weighted by molar-refractivity contribution is -0.136. The second-order valence-corrected chi connectivity index (χ2v) is 4.62. The molecule has 4 N–H and O–H groups in total. The maximum Gasteiger partial charge on any atom is 0.310 e. The van der Waals surface area contributed by atoms with Crippen LogP contribution in [0.5, 0.6) is 0 Å². The molecule has 0 saturated heterocycles. The van der Waals surface area contributed by atoms with Gasteiger partial charge in [-0.1, -0.05) is 0 Å². The molecule has 0 spiro atoms.